The average Bonchev–Trinajstić information content (AvgIpc) is 2.84. The first-order valence-electron chi connectivity index (χ1n) is 10.4. The zero-order chi connectivity index (χ0) is 22.5. The molecule has 32 heavy (non-hydrogen) atoms. The molecule has 0 atom stereocenters. The van der Waals surface area contributed by atoms with E-state index < -0.39 is 0 Å². The van der Waals surface area contributed by atoms with E-state index >= 15 is 0 Å². The Hall–Kier alpha value is -3.07. The topological polar surface area (TPSA) is 61.9 Å². The average molecular weight is 541 g/mol. The number of ether oxygens (including phenoxy) is 1. The van der Waals surface area contributed by atoms with Crippen molar-refractivity contribution in [3.8, 4) is 5.75 Å². The molecule has 3 aromatic carbocycles. The normalized spacial score (nSPS) is 13.6. The number of nitrogens with one attached hydrogen (secondary N) is 1. The third kappa shape index (κ3) is 5.04. The number of methoxy groups -OCH3 is 1. The molecule has 0 saturated carbocycles. The highest BCUT2D eigenvalue weighted by atomic mass is 127. The first-order chi connectivity index (χ1) is 15.5. The van der Waals surface area contributed by atoms with Crippen LogP contribution in [-0.4, -0.2) is 50.0 Å². The van der Waals surface area contributed by atoms with E-state index in [0.29, 0.717) is 24.2 Å². The summed E-state index contributed by atoms with van der Waals surface area (Å²) >= 11 is 2.16. The molecule has 164 valence electrons. The van der Waals surface area contributed by atoms with Gasteiger partial charge in [0.05, 0.1) is 12.7 Å². The number of amides is 2. The minimum absolute atomic E-state index is 0.0425. The molecular weight excluding hydrogens is 517 g/mol. The number of rotatable bonds is 5. The Morgan fingerprint density at radius 3 is 2.16 bits per heavy atom. The van der Waals surface area contributed by atoms with Crippen molar-refractivity contribution in [2.75, 3.05) is 43.5 Å². The minimum Gasteiger partial charge on any atom is -0.497 e. The van der Waals surface area contributed by atoms with Crippen LogP contribution in [0.1, 0.15) is 20.7 Å². The van der Waals surface area contributed by atoms with E-state index in [1.54, 1.807) is 19.2 Å². The van der Waals surface area contributed by atoms with Crippen LogP contribution >= 0.6 is 22.6 Å². The quantitative estimate of drug-likeness (QED) is 0.483. The molecule has 1 aliphatic rings. The summed E-state index contributed by atoms with van der Waals surface area (Å²) in [5.74, 6) is 0.666. The van der Waals surface area contributed by atoms with Gasteiger partial charge in [0.25, 0.3) is 11.8 Å². The van der Waals surface area contributed by atoms with Crippen LogP contribution in [0.15, 0.2) is 72.8 Å². The summed E-state index contributed by atoms with van der Waals surface area (Å²) in [7, 11) is 1.61. The molecule has 0 unspecified atom stereocenters. The summed E-state index contributed by atoms with van der Waals surface area (Å²) in [5, 5.41) is 2.95. The summed E-state index contributed by atoms with van der Waals surface area (Å²) in [6, 6.07) is 22.6. The van der Waals surface area contributed by atoms with Crippen LogP contribution in [0.5, 0.6) is 5.75 Å². The maximum absolute atomic E-state index is 12.8. The predicted molar refractivity (Wildman–Crippen MR) is 135 cm³/mol. The van der Waals surface area contributed by atoms with Crippen molar-refractivity contribution in [3.63, 3.8) is 0 Å². The van der Waals surface area contributed by atoms with E-state index in [2.05, 4.69) is 32.8 Å². The number of piperazine rings is 1. The second-order valence-corrected chi connectivity index (χ2v) is 8.65. The van der Waals surface area contributed by atoms with Crippen molar-refractivity contribution in [1.29, 1.82) is 0 Å². The van der Waals surface area contributed by atoms with Gasteiger partial charge in [-0.1, -0.05) is 12.1 Å². The Morgan fingerprint density at radius 1 is 0.875 bits per heavy atom. The van der Waals surface area contributed by atoms with Gasteiger partial charge in [-0.2, -0.15) is 0 Å². The number of carbonyl (C=O) groups excluding carboxylic acids is 2. The monoisotopic (exact) mass is 541 g/mol. The predicted octanol–water partition coefficient (Wildman–Crippen LogP) is 4.51. The van der Waals surface area contributed by atoms with E-state index in [1.807, 2.05) is 65.6 Å². The molecule has 6 nitrogen and oxygen atoms in total. The molecule has 2 amide bonds. The maximum atomic E-state index is 12.8. The molecule has 0 radical (unpaired) electrons. The van der Waals surface area contributed by atoms with Gasteiger partial charge in [-0.3, -0.25) is 9.59 Å². The largest absolute Gasteiger partial charge is 0.497 e. The smallest absolute Gasteiger partial charge is 0.256 e. The highest BCUT2D eigenvalue weighted by molar-refractivity contribution is 14.1. The fourth-order valence-corrected chi connectivity index (χ4v) is 4.32. The number of hydrogen-bond acceptors (Lipinski definition) is 4. The molecule has 1 aliphatic heterocycles. The van der Waals surface area contributed by atoms with Gasteiger partial charge >= 0.3 is 0 Å². The molecule has 1 N–H and O–H groups in total. The molecule has 1 saturated heterocycles. The number of hydrogen-bond donors (Lipinski definition) is 1. The van der Waals surface area contributed by atoms with E-state index in [0.717, 1.165) is 33.8 Å². The fourth-order valence-electron chi connectivity index (χ4n) is 3.68. The molecule has 0 aromatic heterocycles. The Kier molecular flexibility index (Phi) is 6.94. The molecule has 0 spiro atoms. The van der Waals surface area contributed by atoms with E-state index in [4.69, 9.17) is 4.74 Å². The van der Waals surface area contributed by atoms with Crippen molar-refractivity contribution in [1.82, 2.24) is 4.90 Å². The first-order valence-corrected chi connectivity index (χ1v) is 11.5. The van der Waals surface area contributed by atoms with Crippen molar-refractivity contribution >= 4 is 45.8 Å². The van der Waals surface area contributed by atoms with Crippen LogP contribution in [0.3, 0.4) is 0 Å². The van der Waals surface area contributed by atoms with Gasteiger partial charge in [0, 0.05) is 46.7 Å². The zero-order valence-corrected chi connectivity index (χ0v) is 19.9. The highest BCUT2D eigenvalue weighted by Crippen LogP contribution is 2.22. The number of halogens is 1. The van der Waals surface area contributed by atoms with Crippen LogP contribution in [0, 0.1) is 3.57 Å². The molecule has 1 heterocycles. The summed E-state index contributed by atoms with van der Waals surface area (Å²) in [6.07, 6.45) is 0. The highest BCUT2D eigenvalue weighted by Gasteiger charge is 2.22. The van der Waals surface area contributed by atoms with Crippen LogP contribution in [-0.2, 0) is 0 Å². The van der Waals surface area contributed by atoms with Crippen molar-refractivity contribution in [2.24, 2.45) is 0 Å². The Morgan fingerprint density at radius 2 is 1.53 bits per heavy atom. The van der Waals surface area contributed by atoms with Gasteiger partial charge in [-0.15, -0.1) is 0 Å². The van der Waals surface area contributed by atoms with Crippen LogP contribution in [0.4, 0.5) is 11.4 Å². The first kappa shape index (κ1) is 22.1. The van der Waals surface area contributed by atoms with Crippen LogP contribution in [0.2, 0.25) is 0 Å². The Labute approximate surface area is 201 Å². The van der Waals surface area contributed by atoms with Gasteiger partial charge in [-0.25, -0.2) is 0 Å². The SMILES string of the molecule is COc1ccc(C(=O)N2CCN(c3ccc(NC(=O)c4ccccc4I)cc3)CC2)cc1. The molecule has 1 fully saturated rings. The summed E-state index contributed by atoms with van der Waals surface area (Å²) in [4.78, 5) is 29.4. The summed E-state index contributed by atoms with van der Waals surface area (Å²) < 4.78 is 6.08. The standard InChI is InChI=1S/C25H24IN3O3/c1-32-21-12-6-18(7-13-21)25(31)29-16-14-28(15-17-29)20-10-8-19(9-11-20)27-24(30)22-4-2-3-5-23(22)26/h2-13H,14-17H2,1H3,(H,27,30). The van der Waals surface area contributed by atoms with E-state index in [-0.39, 0.29) is 11.8 Å². The third-order valence-electron chi connectivity index (χ3n) is 5.51. The number of anilines is 2. The zero-order valence-electron chi connectivity index (χ0n) is 17.8. The second kappa shape index (κ2) is 10.0. The lowest BCUT2D eigenvalue weighted by molar-refractivity contribution is 0.0746. The molecule has 3 aromatic rings. The molecule has 0 aliphatic carbocycles. The summed E-state index contributed by atoms with van der Waals surface area (Å²) in [6.45, 7) is 2.84. The third-order valence-corrected chi connectivity index (χ3v) is 6.45. The van der Waals surface area contributed by atoms with Gasteiger partial charge in [0.1, 0.15) is 5.75 Å². The van der Waals surface area contributed by atoms with E-state index in [1.165, 1.54) is 0 Å². The number of nitrogens with zero attached hydrogens (tertiary/aromatic N) is 2. The van der Waals surface area contributed by atoms with Crippen LogP contribution in [0.25, 0.3) is 0 Å². The summed E-state index contributed by atoms with van der Waals surface area (Å²) in [5.41, 5.74) is 3.17. The molecular formula is C25H24IN3O3. The lowest BCUT2D eigenvalue weighted by atomic mass is 10.1. The van der Waals surface area contributed by atoms with Gasteiger partial charge in [-0.05, 0) is 83.3 Å². The maximum Gasteiger partial charge on any atom is 0.256 e. The molecule has 0 bridgehead atoms. The fraction of sp³-hybridized carbons (Fsp3) is 0.200. The van der Waals surface area contributed by atoms with Crippen molar-refractivity contribution < 1.29 is 14.3 Å². The molecule has 4 rings (SSSR count). The van der Waals surface area contributed by atoms with Crippen molar-refractivity contribution in [2.45, 2.75) is 0 Å². The van der Waals surface area contributed by atoms with E-state index in [9.17, 15) is 9.59 Å². The van der Waals surface area contributed by atoms with Gasteiger partial charge in [0.2, 0.25) is 0 Å². The lowest BCUT2D eigenvalue weighted by Gasteiger charge is -2.36. The van der Waals surface area contributed by atoms with Crippen molar-refractivity contribution in [3.05, 3.63) is 87.5 Å². The lowest BCUT2D eigenvalue weighted by Crippen LogP contribution is -2.48. The second-order valence-electron chi connectivity index (χ2n) is 7.49. The Bertz CT molecular complexity index is 1090. The molecule has 7 heteroatoms. The minimum atomic E-state index is -0.117. The Balaban J connectivity index is 1.33. The van der Waals surface area contributed by atoms with Gasteiger partial charge < -0.3 is 19.9 Å². The number of benzene rings is 3. The number of carbonyl (C=O) groups is 2. The van der Waals surface area contributed by atoms with Gasteiger partial charge in [0.15, 0.2) is 0 Å². The van der Waals surface area contributed by atoms with Crippen LogP contribution < -0.4 is 15.0 Å².